The van der Waals surface area contributed by atoms with Crippen molar-refractivity contribution in [1.82, 2.24) is 9.55 Å². The molecule has 1 aromatic heterocycles. The molecule has 0 unspecified atom stereocenters. The van der Waals surface area contributed by atoms with E-state index in [4.69, 9.17) is 9.72 Å². The lowest BCUT2D eigenvalue weighted by Crippen LogP contribution is -2.01. The lowest BCUT2D eigenvalue weighted by Gasteiger charge is -2.08. The first-order chi connectivity index (χ1) is 9.86. The number of unbranched alkanes of at least 4 members (excludes halogenated alkanes) is 3. The average molecular weight is 292 g/mol. The Labute approximate surface area is 125 Å². The number of fused-ring (bicyclic) bond motifs is 1. The number of para-hydroxylation sites is 2. The minimum atomic E-state index is 0.768. The molecular weight excluding hydrogens is 268 g/mol. The highest BCUT2D eigenvalue weighted by molar-refractivity contribution is 7.99. The van der Waals surface area contributed by atoms with E-state index >= 15 is 0 Å². The molecule has 0 aliphatic heterocycles. The van der Waals surface area contributed by atoms with Gasteiger partial charge in [0.25, 0.3) is 0 Å². The molecule has 0 fully saturated rings. The fraction of sp³-hybridized carbons (Fsp3) is 0.562. The molecule has 0 spiro atoms. The normalized spacial score (nSPS) is 11.3. The Morgan fingerprint density at radius 2 is 2.05 bits per heavy atom. The summed E-state index contributed by atoms with van der Waals surface area (Å²) < 4.78 is 7.50. The van der Waals surface area contributed by atoms with Gasteiger partial charge in [0.1, 0.15) is 0 Å². The van der Waals surface area contributed by atoms with Crippen LogP contribution in [0.1, 0.15) is 32.6 Å². The van der Waals surface area contributed by atoms with E-state index in [0.717, 1.165) is 29.6 Å². The Morgan fingerprint density at radius 1 is 1.20 bits per heavy atom. The van der Waals surface area contributed by atoms with Crippen molar-refractivity contribution in [2.45, 2.75) is 44.3 Å². The third kappa shape index (κ3) is 4.00. The molecule has 1 aromatic carbocycles. The minimum Gasteiger partial charge on any atom is -0.384 e. The van der Waals surface area contributed by atoms with Gasteiger partial charge < -0.3 is 9.30 Å². The summed E-state index contributed by atoms with van der Waals surface area (Å²) in [5.41, 5.74) is 2.35. The molecule has 0 aliphatic carbocycles. The van der Waals surface area contributed by atoms with Gasteiger partial charge in [0.15, 0.2) is 5.16 Å². The number of nitrogens with zero attached hydrogens (tertiary/aromatic N) is 2. The second kappa shape index (κ2) is 8.32. The van der Waals surface area contributed by atoms with E-state index in [-0.39, 0.29) is 0 Å². The van der Waals surface area contributed by atoms with Crippen LogP contribution in [0.25, 0.3) is 11.0 Å². The molecule has 0 saturated heterocycles. The van der Waals surface area contributed by atoms with Crippen molar-refractivity contribution in [1.29, 1.82) is 0 Å². The second-order valence-corrected chi connectivity index (χ2v) is 6.00. The number of rotatable bonds is 9. The van der Waals surface area contributed by atoms with Crippen molar-refractivity contribution in [2.24, 2.45) is 0 Å². The Bertz CT molecular complexity index is 524. The van der Waals surface area contributed by atoms with Crippen LogP contribution < -0.4 is 0 Å². The molecule has 0 amide bonds. The van der Waals surface area contributed by atoms with Crippen molar-refractivity contribution in [3.63, 3.8) is 0 Å². The fourth-order valence-electron chi connectivity index (χ4n) is 2.29. The number of methoxy groups -OCH3 is 1. The monoisotopic (exact) mass is 292 g/mol. The maximum atomic E-state index is 5.13. The van der Waals surface area contributed by atoms with E-state index in [1.165, 1.54) is 31.2 Å². The molecule has 2 aromatic rings. The summed E-state index contributed by atoms with van der Waals surface area (Å²) in [6.45, 7) is 4.08. The summed E-state index contributed by atoms with van der Waals surface area (Å²) in [6, 6.07) is 8.41. The zero-order valence-corrected chi connectivity index (χ0v) is 13.3. The van der Waals surface area contributed by atoms with E-state index in [0.29, 0.717) is 0 Å². The number of thioether (sulfide) groups is 1. The highest BCUT2D eigenvalue weighted by Crippen LogP contribution is 2.24. The topological polar surface area (TPSA) is 27.1 Å². The van der Waals surface area contributed by atoms with Gasteiger partial charge in [-0.05, 0) is 18.6 Å². The average Bonchev–Trinajstić information content (AvgIpc) is 2.82. The summed E-state index contributed by atoms with van der Waals surface area (Å²) in [4.78, 5) is 4.75. The summed E-state index contributed by atoms with van der Waals surface area (Å²) >= 11 is 1.79. The van der Waals surface area contributed by atoms with Crippen molar-refractivity contribution in [2.75, 3.05) is 19.5 Å². The van der Waals surface area contributed by atoms with E-state index in [1.54, 1.807) is 18.9 Å². The number of imidazole rings is 1. The van der Waals surface area contributed by atoms with E-state index < -0.39 is 0 Å². The van der Waals surface area contributed by atoms with E-state index in [2.05, 4.69) is 35.8 Å². The summed E-state index contributed by atoms with van der Waals surface area (Å²) in [6.07, 6.45) is 5.12. The van der Waals surface area contributed by atoms with E-state index in [9.17, 15) is 0 Å². The molecule has 0 bridgehead atoms. The van der Waals surface area contributed by atoms with Gasteiger partial charge in [0, 0.05) is 19.4 Å². The van der Waals surface area contributed by atoms with Crippen LogP contribution in [-0.4, -0.2) is 29.0 Å². The van der Waals surface area contributed by atoms with Gasteiger partial charge in [0.05, 0.1) is 17.6 Å². The summed E-state index contributed by atoms with van der Waals surface area (Å²) in [5.74, 6) is 0.953. The number of ether oxygens (including phenoxy) is 1. The first-order valence-corrected chi connectivity index (χ1v) is 8.42. The summed E-state index contributed by atoms with van der Waals surface area (Å²) in [7, 11) is 1.74. The Morgan fingerprint density at radius 3 is 2.85 bits per heavy atom. The number of hydrogen-bond donors (Lipinski definition) is 0. The molecule has 0 atom stereocenters. The van der Waals surface area contributed by atoms with Crippen molar-refractivity contribution in [3.8, 4) is 0 Å². The van der Waals surface area contributed by atoms with Gasteiger partial charge in [-0.2, -0.15) is 0 Å². The highest BCUT2D eigenvalue weighted by Gasteiger charge is 2.10. The molecule has 0 saturated carbocycles. The van der Waals surface area contributed by atoms with Crippen LogP contribution in [0.4, 0.5) is 0 Å². The number of aryl methyl sites for hydroxylation is 1. The first kappa shape index (κ1) is 15.4. The molecule has 3 nitrogen and oxygen atoms in total. The quantitative estimate of drug-likeness (QED) is 0.508. The van der Waals surface area contributed by atoms with Gasteiger partial charge in [0.2, 0.25) is 0 Å². The van der Waals surface area contributed by atoms with Gasteiger partial charge >= 0.3 is 0 Å². The predicted octanol–water partition coefficient (Wildman–Crippen LogP) is 4.36. The molecule has 0 aliphatic rings. The maximum Gasteiger partial charge on any atom is 0.169 e. The van der Waals surface area contributed by atoms with Crippen LogP contribution in [0, 0.1) is 0 Å². The predicted molar refractivity (Wildman–Crippen MR) is 86.5 cm³/mol. The third-order valence-electron chi connectivity index (χ3n) is 3.37. The fourth-order valence-corrected chi connectivity index (χ4v) is 3.23. The van der Waals surface area contributed by atoms with Crippen LogP contribution in [0.5, 0.6) is 0 Å². The largest absolute Gasteiger partial charge is 0.384 e. The van der Waals surface area contributed by atoms with Gasteiger partial charge in [-0.25, -0.2) is 4.98 Å². The lowest BCUT2D eigenvalue weighted by molar-refractivity contribution is 0.218. The molecule has 0 radical (unpaired) electrons. The van der Waals surface area contributed by atoms with Crippen LogP contribution in [0.15, 0.2) is 29.4 Å². The molecule has 0 N–H and O–H groups in total. The van der Waals surface area contributed by atoms with E-state index in [1.807, 2.05) is 0 Å². The third-order valence-corrected chi connectivity index (χ3v) is 4.31. The van der Waals surface area contributed by atoms with Crippen LogP contribution in [0.3, 0.4) is 0 Å². The minimum absolute atomic E-state index is 0.768. The number of aromatic nitrogens is 2. The number of benzene rings is 1. The van der Waals surface area contributed by atoms with Crippen LogP contribution in [0.2, 0.25) is 0 Å². The summed E-state index contributed by atoms with van der Waals surface area (Å²) in [5, 5.41) is 1.12. The standard InChI is InChI=1S/C16H24N2OS/c1-3-4-5-8-11-18-15-10-7-6-9-14(15)17-16(18)20-13-12-19-2/h6-7,9-10H,3-5,8,11-13H2,1-2H3. The Balaban J connectivity index is 2.11. The van der Waals surface area contributed by atoms with Crippen molar-refractivity contribution >= 4 is 22.8 Å². The maximum absolute atomic E-state index is 5.13. The van der Waals surface area contributed by atoms with Gasteiger partial charge in [-0.1, -0.05) is 50.1 Å². The number of hydrogen-bond acceptors (Lipinski definition) is 3. The molecule has 110 valence electrons. The SMILES string of the molecule is CCCCCCn1c(SCCOC)nc2ccccc21. The van der Waals surface area contributed by atoms with Gasteiger partial charge in [-0.3, -0.25) is 0 Å². The molecule has 2 rings (SSSR count). The lowest BCUT2D eigenvalue weighted by atomic mass is 10.2. The van der Waals surface area contributed by atoms with Gasteiger partial charge in [-0.15, -0.1) is 0 Å². The van der Waals surface area contributed by atoms with Crippen LogP contribution in [-0.2, 0) is 11.3 Å². The second-order valence-electron chi connectivity index (χ2n) is 4.94. The Kier molecular flexibility index (Phi) is 6.40. The molecule has 20 heavy (non-hydrogen) atoms. The smallest absolute Gasteiger partial charge is 0.169 e. The highest BCUT2D eigenvalue weighted by atomic mass is 32.2. The molecular formula is C16H24N2OS. The first-order valence-electron chi connectivity index (χ1n) is 7.43. The molecule has 4 heteroatoms. The van der Waals surface area contributed by atoms with Crippen molar-refractivity contribution < 1.29 is 4.74 Å². The van der Waals surface area contributed by atoms with Crippen molar-refractivity contribution in [3.05, 3.63) is 24.3 Å². The zero-order chi connectivity index (χ0) is 14.2. The molecule has 1 heterocycles. The Hall–Kier alpha value is -1.00. The zero-order valence-electron chi connectivity index (χ0n) is 12.5. The van der Waals surface area contributed by atoms with Crippen LogP contribution >= 0.6 is 11.8 Å².